The van der Waals surface area contributed by atoms with E-state index in [4.69, 9.17) is 11.6 Å². The van der Waals surface area contributed by atoms with Gasteiger partial charge in [-0.05, 0) is 57.0 Å². The number of hydrogen-bond acceptors (Lipinski definition) is 2. The first kappa shape index (κ1) is 22.6. The van der Waals surface area contributed by atoms with E-state index in [0.29, 0.717) is 10.7 Å². The molecule has 1 heterocycles. The van der Waals surface area contributed by atoms with Crippen LogP contribution in [-0.2, 0) is 11.3 Å². The fraction of sp³-hybridized carbons (Fsp3) is 0.280. The third-order valence-corrected chi connectivity index (χ3v) is 5.27. The van der Waals surface area contributed by atoms with Crippen molar-refractivity contribution in [2.75, 3.05) is 0 Å². The van der Waals surface area contributed by atoms with Gasteiger partial charge in [-0.3, -0.25) is 9.59 Å². The molecule has 1 atom stereocenters. The molecule has 0 aliphatic carbocycles. The summed E-state index contributed by atoms with van der Waals surface area (Å²) in [4.78, 5) is 31.1. The van der Waals surface area contributed by atoms with Crippen LogP contribution in [0.3, 0.4) is 0 Å². The van der Waals surface area contributed by atoms with Crippen LogP contribution in [0.15, 0.2) is 66.7 Å². The average molecular weight is 438 g/mol. The Morgan fingerprint density at radius 3 is 2.29 bits per heavy atom. The summed E-state index contributed by atoms with van der Waals surface area (Å²) in [6, 6.07) is 20.1. The molecule has 0 saturated carbocycles. The smallest absolute Gasteiger partial charge is 0.271 e. The molecule has 5 nitrogen and oxygen atoms in total. The lowest BCUT2D eigenvalue weighted by Gasteiger charge is -2.31. The van der Waals surface area contributed by atoms with Gasteiger partial charge < -0.3 is 15.2 Å². The van der Waals surface area contributed by atoms with E-state index < -0.39 is 11.6 Å². The lowest BCUT2D eigenvalue weighted by atomic mass is 10.1. The number of amides is 2. The summed E-state index contributed by atoms with van der Waals surface area (Å²) in [7, 11) is 0. The minimum absolute atomic E-state index is 0.219. The summed E-state index contributed by atoms with van der Waals surface area (Å²) in [5.74, 6) is -0.485. The SMILES string of the molecule is CC(C(=O)NC(C)(C)C)N(Cc1ccccc1Cl)C(=O)c1ccc(-c2ccccc2)[nH]1. The van der Waals surface area contributed by atoms with Crippen LogP contribution >= 0.6 is 11.6 Å². The third kappa shape index (κ3) is 5.76. The summed E-state index contributed by atoms with van der Waals surface area (Å²) in [5.41, 5.74) is 2.62. The van der Waals surface area contributed by atoms with Gasteiger partial charge in [-0.25, -0.2) is 0 Å². The molecular formula is C25H28ClN3O2. The first-order valence-electron chi connectivity index (χ1n) is 10.3. The molecule has 0 fully saturated rings. The average Bonchev–Trinajstić information content (AvgIpc) is 3.22. The summed E-state index contributed by atoms with van der Waals surface area (Å²) in [6.45, 7) is 7.69. The molecule has 1 unspecified atom stereocenters. The zero-order chi connectivity index (χ0) is 22.6. The van der Waals surface area contributed by atoms with Crippen molar-refractivity contribution in [2.24, 2.45) is 0 Å². The van der Waals surface area contributed by atoms with Gasteiger partial charge >= 0.3 is 0 Å². The second-order valence-electron chi connectivity index (χ2n) is 8.59. The highest BCUT2D eigenvalue weighted by Gasteiger charge is 2.30. The van der Waals surface area contributed by atoms with Gasteiger partial charge in [-0.15, -0.1) is 0 Å². The van der Waals surface area contributed by atoms with Crippen LogP contribution < -0.4 is 5.32 Å². The zero-order valence-electron chi connectivity index (χ0n) is 18.3. The number of rotatable bonds is 6. The Kier molecular flexibility index (Phi) is 6.86. The second-order valence-corrected chi connectivity index (χ2v) is 9.00. The molecule has 162 valence electrons. The quantitative estimate of drug-likeness (QED) is 0.551. The number of benzene rings is 2. The number of aromatic amines is 1. The van der Waals surface area contributed by atoms with Gasteiger partial charge in [0.05, 0.1) is 0 Å². The fourth-order valence-corrected chi connectivity index (χ4v) is 3.47. The van der Waals surface area contributed by atoms with E-state index in [2.05, 4.69) is 10.3 Å². The summed E-state index contributed by atoms with van der Waals surface area (Å²) in [5, 5.41) is 3.52. The molecule has 0 aliphatic rings. The van der Waals surface area contributed by atoms with E-state index in [-0.39, 0.29) is 18.4 Å². The summed E-state index contributed by atoms with van der Waals surface area (Å²) < 4.78 is 0. The number of halogens is 1. The molecule has 1 aromatic heterocycles. The number of carbonyl (C=O) groups excluding carboxylic acids is 2. The molecule has 0 spiro atoms. The van der Waals surface area contributed by atoms with Crippen LogP contribution in [0.4, 0.5) is 0 Å². The lowest BCUT2D eigenvalue weighted by molar-refractivity contribution is -0.126. The normalized spacial score (nSPS) is 12.3. The van der Waals surface area contributed by atoms with Crippen molar-refractivity contribution in [3.63, 3.8) is 0 Å². The maximum Gasteiger partial charge on any atom is 0.271 e. The van der Waals surface area contributed by atoms with E-state index in [0.717, 1.165) is 16.8 Å². The molecule has 2 N–H and O–H groups in total. The Bertz CT molecular complexity index is 1050. The molecule has 2 amide bonds. The van der Waals surface area contributed by atoms with Crippen LogP contribution in [0.1, 0.15) is 43.7 Å². The van der Waals surface area contributed by atoms with Crippen molar-refractivity contribution >= 4 is 23.4 Å². The second kappa shape index (κ2) is 9.40. The van der Waals surface area contributed by atoms with Crippen molar-refractivity contribution < 1.29 is 9.59 Å². The topological polar surface area (TPSA) is 65.2 Å². The molecule has 3 rings (SSSR count). The maximum absolute atomic E-state index is 13.5. The number of hydrogen-bond donors (Lipinski definition) is 2. The van der Waals surface area contributed by atoms with E-state index in [9.17, 15) is 9.59 Å². The monoisotopic (exact) mass is 437 g/mol. The van der Waals surface area contributed by atoms with Crippen LogP contribution in [0.2, 0.25) is 5.02 Å². The Hall–Kier alpha value is -3.05. The molecular weight excluding hydrogens is 410 g/mol. The number of carbonyl (C=O) groups is 2. The Balaban J connectivity index is 1.91. The number of nitrogens with zero attached hydrogens (tertiary/aromatic N) is 1. The largest absolute Gasteiger partial charge is 0.351 e. The fourth-order valence-electron chi connectivity index (χ4n) is 3.27. The lowest BCUT2D eigenvalue weighted by Crippen LogP contribution is -2.52. The first-order valence-corrected chi connectivity index (χ1v) is 10.6. The van der Waals surface area contributed by atoms with Crippen LogP contribution in [0.25, 0.3) is 11.3 Å². The molecule has 2 aromatic carbocycles. The zero-order valence-corrected chi connectivity index (χ0v) is 19.0. The highest BCUT2D eigenvalue weighted by Crippen LogP contribution is 2.23. The number of H-pyrrole nitrogens is 1. The minimum Gasteiger partial charge on any atom is -0.351 e. The third-order valence-electron chi connectivity index (χ3n) is 4.91. The van der Waals surface area contributed by atoms with Crippen molar-refractivity contribution in [3.05, 3.63) is 83.0 Å². The summed E-state index contributed by atoms with van der Waals surface area (Å²) in [6.07, 6.45) is 0. The Morgan fingerprint density at radius 2 is 1.65 bits per heavy atom. The van der Waals surface area contributed by atoms with E-state index in [1.807, 2.05) is 75.4 Å². The molecule has 0 aliphatic heterocycles. The van der Waals surface area contributed by atoms with Crippen molar-refractivity contribution in [2.45, 2.75) is 45.8 Å². The Labute approximate surface area is 188 Å². The molecule has 31 heavy (non-hydrogen) atoms. The van der Waals surface area contributed by atoms with Crippen LogP contribution in [0.5, 0.6) is 0 Å². The molecule has 6 heteroatoms. The van der Waals surface area contributed by atoms with Gasteiger partial charge in [-0.2, -0.15) is 0 Å². The van der Waals surface area contributed by atoms with Gasteiger partial charge in [0.2, 0.25) is 5.91 Å². The van der Waals surface area contributed by atoms with Gasteiger partial charge in [0.25, 0.3) is 5.91 Å². The van der Waals surface area contributed by atoms with Crippen molar-refractivity contribution in [1.29, 1.82) is 0 Å². The van der Waals surface area contributed by atoms with Gasteiger partial charge in [0.1, 0.15) is 11.7 Å². The highest BCUT2D eigenvalue weighted by molar-refractivity contribution is 6.31. The highest BCUT2D eigenvalue weighted by atomic mass is 35.5. The first-order chi connectivity index (χ1) is 14.7. The predicted molar refractivity (Wildman–Crippen MR) is 125 cm³/mol. The predicted octanol–water partition coefficient (Wildman–Crippen LogP) is 5.28. The van der Waals surface area contributed by atoms with Crippen LogP contribution in [0, 0.1) is 0 Å². The minimum atomic E-state index is -0.688. The molecule has 3 aromatic rings. The molecule has 0 saturated heterocycles. The van der Waals surface area contributed by atoms with Crippen LogP contribution in [-0.4, -0.2) is 33.3 Å². The van der Waals surface area contributed by atoms with Crippen molar-refractivity contribution in [3.8, 4) is 11.3 Å². The molecule has 0 bridgehead atoms. The van der Waals surface area contributed by atoms with Crippen molar-refractivity contribution in [1.82, 2.24) is 15.2 Å². The number of aromatic nitrogens is 1. The standard InChI is InChI=1S/C25H28ClN3O2/c1-17(23(30)28-25(2,3)4)29(16-19-12-8-9-13-20(19)26)24(31)22-15-14-21(27-22)18-10-6-5-7-11-18/h5-15,17,27H,16H2,1-4H3,(H,28,30). The summed E-state index contributed by atoms with van der Waals surface area (Å²) >= 11 is 6.35. The molecule has 0 radical (unpaired) electrons. The Morgan fingerprint density at radius 1 is 1.00 bits per heavy atom. The van der Waals surface area contributed by atoms with Gasteiger partial charge in [0, 0.05) is 22.8 Å². The number of nitrogens with one attached hydrogen (secondary N) is 2. The van der Waals surface area contributed by atoms with E-state index in [1.54, 1.807) is 24.0 Å². The van der Waals surface area contributed by atoms with Gasteiger partial charge in [-0.1, -0.05) is 60.1 Å². The van der Waals surface area contributed by atoms with E-state index in [1.165, 1.54) is 0 Å². The van der Waals surface area contributed by atoms with E-state index >= 15 is 0 Å². The van der Waals surface area contributed by atoms with Gasteiger partial charge in [0.15, 0.2) is 0 Å². The maximum atomic E-state index is 13.5.